The molecule has 5 nitrogen and oxygen atoms in total. The molecule has 1 aliphatic heterocycles. The molecule has 2 N–H and O–H groups in total. The van der Waals surface area contributed by atoms with Gasteiger partial charge >= 0.3 is 5.97 Å². The largest absolute Gasteiger partial charge is 0.476 e. The molecule has 15 heavy (non-hydrogen) atoms. The monoisotopic (exact) mass is 207 g/mol. The van der Waals surface area contributed by atoms with E-state index in [1.54, 1.807) is 6.07 Å². The molecule has 2 atom stereocenters. The number of nitrogens with one attached hydrogen (secondary N) is 1. The van der Waals surface area contributed by atoms with Gasteiger partial charge in [0.05, 0.1) is 6.04 Å². The number of nitrogens with zero attached hydrogens (tertiary/aromatic N) is 2. The molecule has 0 aromatic carbocycles. The van der Waals surface area contributed by atoms with E-state index in [4.69, 9.17) is 5.11 Å². The Hall–Kier alpha value is -1.52. The van der Waals surface area contributed by atoms with E-state index in [1.807, 2.05) is 4.68 Å². The van der Waals surface area contributed by atoms with Crippen LogP contribution in [-0.4, -0.2) is 27.4 Å². The van der Waals surface area contributed by atoms with Crippen LogP contribution in [0.2, 0.25) is 0 Å². The standard InChI is InChI=1S/C10H13N3O2/c14-10(15)7-4-9-11-5-6-2-1-3-8(6)13(9)12-7/h4,6,8,11H,1-3,5H2,(H,14,15). The molecule has 2 aliphatic rings. The number of fused-ring (bicyclic) bond motifs is 3. The molecule has 0 radical (unpaired) electrons. The highest BCUT2D eigenvalue weighted by atomic mass is 16.4. The first-order valence-corrected chi connectivity index (χ1v) is 5.32. The van der Waals surface area contributed by atoms with Crippen molar-refractivity contribution < 1.29 is 9.90 Å². The predicted octanol–water partition coefficient (Wildman–Crippen LogP) is 1.35. The number of aromatic nitrogens is 2. The van der Waals surface area contributed by atoms with Crippen LogP contribution in [0.5, 0.6) is 0 Å². The minimum atomic E-state index is -0.951. The number of hydrogen-bond acceptors (Lipinski definition) is 3. The van der Waals surface area contributed by atoms with Crippen LogP contribution in [0.4, 0.5) is 5.82 Å². The Morgan fingerprint density at radius 1 is 1.60 bits per heavy atom. The van der Waals surface area contributed by atoms with Crippen LogP contribution in [0.15, 0.2) is 6.07 Å². The second kappa shape index (κ2) is 2.98. The zero-order valence-electron chi connectivity index (χ0n) is 8.31. The molecular formula is C10H13N3O2. The Morgan fingerprint density at radius 2 is 2.47 bits per heavy atom. The Morgan fingerprint density at radius 3 is 3.27 bits per heavy atom. The maximum atomic E-state index is 10.8. The van der Waals surface area contributed by atoms with Gasteiger partial charge in [0.25, 0.3) is 0 Å². The molecule has 5 heteroatoms. The van der Waals surface area contributed by atoms with E-state index in [0.29, 0.717) is 12.0 Å². The maximum absolute atomic E-state index is 10.8. The molecule has 1 fully saturated rings. The van der Waals surface area contributed by atoms with Gasteiger partial charge in [0, 0.05) is 12.6 Å². The quantitative estimate of drug-likeness (QED) is 0.729. The molecule has 80 valence electrons. The lowest BCUT2D eigenvalue weighted by Gasteiger charge is -2.28. The van der Waals surface area contributed by atoms with E-state index in [-0.39, 0.29) is 5.69 Å². The van der Waals surface area contributed by atoms with E-state index in [2.05, 4.69) is 10.4 Å². The normalized spacial score (nSPS) is 28.0. The Balaban J connectivity index is 2.02. The van der Waals surface area contributed by atoms with Crippen LogP contribution < -0.4 is 5.32 Å². The summed E-state index contributed by atoms with van der Waals surface area (Å²) in [6, 6.07) is 2.03. The molecule has 2 heterocycles. The Kier molecular flexibility index (Phi) is 1.74. The van der Waals surface area contributed by atoms with Crippen LogP contribution in [0, 0.1) is 5.92 Å². The Labute approximate surface area is 87.1 Å². The van der Waals surface area contributed by atoms with Gasteiger partial charge in [-0.25, -0.2) is 9.48 Å². The maximum Gasteiger partial charge on any atom is 0.356 e. The van der Waals surface area contributed by atoms with Crippen LogP contribution in [0.3, 0.4) is 0 Å². The molecular weight excluding hydrogens is 194 g/mol. The second-order valence-electron chi connectivity index (χ2n) is 4.30. The summed E-state index contributed by atoms with van der Waals surface area (Å²) in [6.07, 6.45) is 3.57. The van der Waals surface area contributed by atoms with E-state index in [1.165, 1.54) is 12.8 Å². The van der Waals surface area contributed by atoms with E-state index >= 15 is 0 Å². The molecule has 0 saturated heterocycles. The van der Waals surface area contributed by atoms with Gasteiger partial charge in [-0.05, 0) is 18.8 Å². The van der Waals surface area contributed by atoms with Crippen molar-refractivity contribution in [2.75, 3.05) is 11.9 Å². The van der Waals surface area contributed by atoms with Gasteiger partial charge in [-0.2, -0.15) is 5.10 Å². The summed E-state index contributed by atoms with van der Waals surface area (Å²) in [5, 5.41) is 16.3. The van der Waals surface area contributed by atoms with E-state index in [9.17, 15) is 4.79 Å². The average molecular weight is 207 g/mol. The van der Waals surface area contributed by atoms with E-state index in [0.717, 1.165) is 18.8 Å². The van der Waals surface area contributed by atoms with Crippen molar-refractivity contribution in [2.45, 2.75) is 25.3 Å². The molecule has 1 aromatic rings. The van der Waals surface area contributed by atoms with Crippen molar-refractivity contribution >= 4 is 11.8 Å². The molecule has 0 bridgehead atoms. The van der Waals surface area contributed by atoms with Gasteiger partial charge < -0.3 is 10.4 Å². The fourth-order valence-corrected chi connectivity index (χ4v) is 2.70. The summed E-state index contributed by atoms with van der Waals surface area (Å²) in [5.74, 6) is 0.530. The lowest BCUT2D eigenvalue weighted by atomic mass is 10.0. The first kappa shape index (κ1) is 8.76. The number of carboxylic acids is 1. The highest BCUT2D eigenvalue weighted by molar-refractivity contribution is 5.86. The van der Waals surface area contributed by atoms with Crippen LogP contribution in [-0.2, 0) is 0 Å². The van der Waals surface area contributed by atoms with Crippen LogP contribution in [0.25, 0.3) is 0 Å². The highest BCUT2D eigenvalue weighted by Gasteiger charge is 2.34. The van der Waals surface area contributed by atoms with Gasteiger partial charge in [0.2, 0.25) is 0 Å². The minimum absolute atomic E-state index is 0.144. The molecule has 1 saturated carbocycles. The smallest absolute Gasteiger partial charge is 0.356 e. The third kappa shape index (κ3) is 1.22. The second-order valence-corrected chi connectivity index (χ2v) is 4.30. The zero-order chi connectivity index (χ0) is 10.4. The average Bonchev–Trinajstić information content (AvgIpc) is 2.82. The minimum Gasteiger partial charge on any atom is -0.476 e. The summed E-state index contributed by atoms with van der Waals surface area (Å²) < 4.78 is 1.87. The molecule has 2 unspecified atom stereocenters. The number of carboxylic acid groups (broad SMARTS) is 1. The lowest BCUT2D eigenvalue weighted by Crippen LogP contribution is -2.29. The lowest BCUT2D eigenvalue weighted by molar-refractivity contribution is 0.0689. The zero-order valence-corrected chi connectivity index (χ0v) is 8.31. The molecule has 1 aromatic heterocycles. The molecule has 1 aliphatic carbocycles. The van der Waals surface area contributed by atoms with Gasteiger partial charge in [-0.15, -0.1) is 0 Å². The summed E-state index contributed by atoms with van der Waals surface area (Å²) in [5.41, 5.74) is 0.144. The van der Waals surface area contributed by atoms with Gasteiger partial charge in [-0.3, -0.25) is 0 Å². The summed E-state index contributed by atoms with van der Waals surface area (Å²) in [7, 11) is 0. The number of carbonyl (C=O) groups is 1. The van der Waals surface area contributed by atoms with Crippen LogP contribution in [0.1, 0.15) is 35.8 Å². The molecule has 3 rings (SSSR count). The van der Waals surface area contributed by atoms with Crippen molar-refractivity contribution in [2.24, 2.45) is 5.92 Å². The van der Waals surface area contributed by atoms with Gasteiger partial charge in [0.15, 0.2) is 5.69 Å². The molecule has 0 spiro atoms. The summed E-state index contributed by atoms with van der Waals surface area (Å²) in [4.78, 5) is 10.8. The van der Waals surface area contributed by atoms with E-state index < -0.39 is 5.97 Å². The third-order valence-electron chi connectivity index (χ3n) is 3.43. The van der Waals surface area contributed by atoms with Gasteiger partial charge in [0.1, 0.15) is 5.82 Å². The summed E-state index contributed by atoms with van der Waals surface area (Å²) >= 11 is 0. The van der Waals surface area contributed by atoms with Crippen molar-refractivity contribution in [3.8, 4) is 0 Å². The van der Waals surface area contributed by atoms with Crippen molar-refractivity contribution in [1.82, 2.24) is 9.78 Å². The predicted molar refractivity (Wildman–Crippen MR) is 54.1 cm³/mol. The summed E-state index contributed by atoms with van der Waals surface area (Å²) in [6.45, 7) is 0.954. The van der Waals surface area contributed by atoms with Crippen molar-refractivity contribution in [3.63, 3.8) is 0 Å². The van der Waals surface area contributed by atoms with Crippen molar-refractivity contribution in [3.05, 3.63) is 11.8 Å². The number of aromatic carboxylic acids is 1. The van der Waals surface area contributed by atoms with Crippen LogP contribution >= 0.6 is 0 Å². The number of hydrogen-bond donors (Lipinski definition) is 2. The number of rotatable bonds is 1. The first-order valence-electron chi connectivity index (χ1n) is 5.32. The van der Waals surface area contributed by atoms with Gasteiger partial charge in [-0.1, -0.05) is 6.42 Å². The number of anilines is 1. The fourth-order valence-electron chi connectivity index (χ4n) is 2.70. The Bertz CT molecular complexity index is 413. The first-order chi connectivity index (χ1) is 7.25. The fraction of sp³-hybridized carbons (Fsp3) is 0.600. The topological polar surface area (TPSA) is 67.1 Å². The SMILES string of the molecule is O=C(O)c1cc2n(n1)C1CCCC1CN2. The third-order valence-corrected chi connectivity index (χ3v) is 3.43. The molecule has 0 amide bonds. The van der Waals surface area contributed by atoms with Crippen molar-refractivity contribution in [1.29, 1.82) is 0 Å². The highest BCUT2D eigenvalue weighted by Crippen LogP contribution is 2.40.